The van der Waals surface area contributed by atoms with Crippen molar-refractivity contribution >= 4 is 11.9 Å². The normalized spacial score (nSPS) is 17.0. The van der Waals surface area contributed by atoms with Gasteiger partial charge in [-0.1, -0.05) is 0 Å². The first-order chi connectivity index (χ1) is 7.68. The van der Waals surface area contributed by atoms with Crippen molar-refractivity contribution in [3.05, 3.63) is 0 Å². The Morgan fingerprint density at radius 2 is 2.00 bits per heavy atom. The molecule has 0 aromatic carbocycles. The van der Waals surface area contributed by atoms with E-state index in [0.717, 1.165) is 26.1 Å². The summed E-state index contributed by atoms with van der Waals surface area (Å²) in [4.78, 5) is 21.7. The number of carbonyl (C=O) groups excluding carboxylic acids is 1. The summed E-state index contributed by atoms with van der Waals surface area (Å²) in [5.74, 6) is -0.371. The van der Waals surface area contributed by atoms with E-state index in [1.165, 1.54) is 0 Å². The van der Waals surface area contributed by atoms with E-state index >= 15 is 0 Å². The second kappa shape index (κ2) is 7.22. The minimum Gasteiger partial charge on any atom is -0.481 e. The lowest BCUT2D eigenvalue weighted by molar-refractivity contribution is -0.137. The van der Waals surface area contributed by atoms with Crippen molar-refractivity contribution in [3.63, 3.8) is 0 Å². The van der Waals surface area contributed by atoms with E-state index in [0.29, 0.717) is 25.3 Å². The molecule has 1 saturated heterocycles. The number of carboxylic acids is 1. The highest BCUT2D eigenvalue weighted by Crippen LogP contribution is 2.17. The summed E-state index contributed by atoms with van der Waals surface area (Å²) < 4.78 is 5.21. The van der Waals surface area contributed by atoms with Crippen molar-refractivity contribution in [2.75, 3.05) is 19.8 Å². The van der Waals surface area contributed by atoms with E-state index in [-0.39, 0.29) is 12.3 Å². The van der Waals surface area contributed by atoms with Crippen molar-refractivity contribution in [1.82, 2.24) is 5.32 Å². The number of rotatable bonds is 6. The van der Waals surface area contributed by atoms with Gasteiger partial charge in [-0.15, -0.1) is 0 Å². The van der Waals surface area contributed by atoms with Gasteiger partial charge < -0.3 is 15.2 Å². The van der Waals surface area contributed by atoms with E-state index in [1.807, 2.05) is 0 Å². The number of nitrogens with one attached hydrogen (secondary N) is 1. The van der Waals surface area contributed by atoms with Crippen molar-refractivity contribution in [3.8, 4) is 0 Å². The molecule has 16 heavy (non-hydrogen) atoms. The molecule has 0 aromatic heterocycles. The summed E-state index contributed by atoms with van der Waals surface area (Å²) in [6, 6.07) is 0. The molecule has 0 spiro atoms. The van der Waals surface area contributed by atoms with Crippen LogP contribution in [0.3, 0.4) is 0 Å². The van der Waals surface area contributed by atoms with Crippen LogP contribution in [0.2, 0.25) is 0 Å². The number of ether oxygens (including phenoxy) is 1. The van der Waals surface area contributed by atoms with Gasteiger partial charge in [-0.05, 0) is 25.2 Å². The smallest absolute Gasteiger partial charge is 0.303 e. The fourth-order valence-electron chi connectivity index (χ4n) is 1.75. The van der Waals surface area contributed by atoms with E-state index in [1.54, 1.807) is 0 Å². The molecule has 5 heteroatoms. The van der Waals surface area contributed by atoms with E-state index < -0.39 is 5.97 Å². The van der Waals surface area contributed by atoms with Gasteiger partial charge in [0.2, 0.25) is 5.91 Å². The van der Waals surface area contributed by atoms with Gasteiger partial charge in [0, 0.05) is 32.6 Å². The summed E-state index contributed by atoms with van der Waals surface area (Å²) in [5, 5.41) is 11.2. The number of hydrogen-bond acceptors (Lipinski definition) is 3. The van der Waals surface area contributed by atoms with Crippen LogP contribution in [0.4, 0.5) is 0 Å². The van der Waals surface area contributed by atoms with Gasteiger partial charge in [0.25, 0.3) is 0 Å². The fraction of sp³-hybridized carbons (Fsp3) is 0.818. The number of amides is 1. The van der Waals surface area contributed by atoms with Crippen LogP contribution in [0, 0.1) is 5.92 Å². The molecular formula is C11H19NO4. The Balaban J connectivity index is 2.03. The summed E-state index contributed by atoms with van der Waals surface area (Å²) in [6.45, 7) is 1.95. The minimum absolute atomic E-state index is 0.0253. The highest BCUT2D eigenvalue weighted by atomic mass is 16.5. The lowest BCUT2D eigenvalue weighted by Crippen LogP contribution is -2.28. The highest BCUT2D eigenvalue weighted by Gasteiger charge is 2.16. The Morgan fingerprint density at radius 1 is 1.31 bits per heavy atom. The molecule has 92 valence electrons. The quantitative estimate of drug-likeness (QED) is 0.660. The van der Waals surface area contributed by atoms with Gasteiger partial charge in [0.15, 0.2) is 0 Å². The fourth-order valence-corrected chi connectivity index (χ4v) is 1.75. The van der Waals surface area contributed by atoms with Crippen molar-refractivity contribution in [2.24, 2.45) is 5.92 Å². The van der Waals surface area contributed by atoms with Crippen LogP contribution in [0.1, 0.15) is 32.1 Å². The summed E-state index contributed by atoms with van der Waals surface area (Å²) >= 11 is 0. The maximum atomic E-state index is 11.5. The molecule has 1 fully saturated rings. The monoisotopic (exact) mass is 229 g/mol. The summed E-state index contributed by atoms with van der Waals surface area (Å²) in [6.07, 6.45) is 3.04. The number of carboxylic acid groups (broad SMARTS) is 1. The minimum atomic E-state index is -0.821. The van der Waals surface area contributed by atoms with Crippen LogP contribution in [0.25, 0.3) is 0 Å². The average Bonchev–Trinajstić information content (AvgIpc) is 2.25. The predicted octanol–water partition coefficient (Wildman–Crippen LogP) is 0.784. The van der Waals surface area contributed by atoms with Crippen LogP contribution in [-0.4, -0.2) is 36.7 Å². The second-order valence-electron chi connectivity index (χ2n) is 4.11. The Kier molecular flexibility index (Phi) is 5.85. The second-order valence-corrected chi connectivity index (χ2v) is 4.11. The molecule has 0 aromatic rings. The highest BCUT2D eigenvalue weighted by molar-refractivity contribution is 5.76. The molecule has 1 amide bonds. The number of carbonyl (C=O) groups is 2. The summed E-state index contributed by atoms with van der Waals surface area (Å²) in [5.41, 5.74) is 0. The van der Waals surface area contributed by atoms with E-state index in [9.17, 15) is 9.59 Å². The lowest BCUT2D eigenvalue weighted by Gasteiger charge is -2.21. The molecule has 1 heterocycles. The Morgan fingerprint density at radius 3 is 2.62 bits per heavy atom. The molecule has 0 radical (unpaired) electrons. The van der Waals surface area contributed by atoms with Gasteiger partial charge in [0.05, 0.1) is 0 Å². The molecule has 1 aliphatic heterocycles. The molecule has 0 aliphatic carbocycles. The largest absolute Gasteiger partial charge is 0.481 e. The van der Waals surface area contributed by atoms with Crippen molar-refractivity contribution in [2.45, 2.75) is 32.1 Å². The zero-order valence-corrected chi connectivity index (χ0v) is 9.41. The topological polar surface area (TPSA) is 75.6 Å². The first kappa shape index (κ1) is 13.0. The first-order valence-electron chi connectivity index (χ1n) is 5.74. The van der Waals surface area contributed by atoms with E-state index in [4.69, 9.17) is 9.84 Å². The molecular weight excluding hydrogens is 210 g/mol. The van der Waals surface area contributed by atoms with Crippen LogP contribution in [0.15, 0.2) is 0 Å². The summed E-state index contributed by atoms with van der Waals surface area (Å²) in [7, 11) is 0. The van der Waals surface area contributed by atoms with Crippen molar-refractivity contribution in [1.29, 1.82) is 0 Å². The maximum Gasteiger partial charge on any atom is 0.303 e. The Hall–Kier alpha value is -1.10. The lowest BCUT2D eigenvalue weighted by atomic mass is 9.96. The first-order valence-corrected chi connectivity index (χ1v) is 5.74. The van der Waals surface area contributed by atoms with Crippen molar-refractivity contribution < 1.29 is 19.4 Å². The van der Waals surface area contributed by atoms with Gasteiger partial charge in [-0.3, -0.25) is 9.59 Å². The van der Waals surface area contributed by atoms with Gasteiger partial charge in [0.1, 0.15) is 0 Å². The molecule has 5 nitrogen and oxygen atoms in total. The third-order valence-electron chi connectivity index (χ3n) is 2.70. The molecule has 0 bridgehead atoms. The number of aliphatic carboxylic acids is 1. The third kappa shape index (κ3) is 5.70. The molecule has 2 N–H and O–H groups in total. The molecule has 0 unspecified atom stereocenters. The van der Waals surface area contributed by atoms with Gasteiger partial charge >= 0.3 is 5.97 Å². The van der Waals surface area contributed by atoms with E-state index in [2.05, 4.69) is 5.32 Å². The van der Waals surface area contributed by atoms with Crippen LogP contribution < -0.4 is 5.32 Å². The third-order valence-corrected chi connectivity index (χ3v) is 2.70. The Bertz CT molecular complexity index is 236. The predicted molar refractivity (Wildman–Crippen MR) is 58.0 cm³/mol. The van der Waals surface area contributed by atoms with Crippen LogP contribution in [-0.2, 0) is 14.3 Å². The molecule has 1 rings (SSSR count). The van der Waals surface area contributed by atoms with Crippen LogP contribution >= 0.6 is 0 Å². The SMILES string of the molecule is O=C(O)CCCNC(=O)CC1CCOCC1. The zero-order valence-electron chi connectivity index (χ0n) is 9.41. The molecule has 0 atom stereocenters. The molecule has 1 aliphatic rings. The standard InChI is InChI=1S/C11H19NO4/c13-10(12-5-1-2-11(14)15)8-9-3-6-16-7-4-9/h9H,1-8H2,(H,12,13)(H,14,15). The van der Waals surface area contributed by atoms with Gasteiger partial charge in [-0.2, -0.15) is 0 Å². The number of hydrogen-bond donors (Lipinski definition) is 2. The Labute approximate surface area is 95.2 Å². The maximum absolute atomic E-state index is 11.5. The zero-order chi connectivity index (χ0) is 11.8. The van der Waals surface area contributed by atoms with Crippen LogP contribution in [0.5, 0.6) is 0 Å². The molecule has 0 saturated carbocycles. The average molecular weight is 229 g/mol. The van der Waals surface area contributed by atoms with Gasteiger partial charge in [-0.25, -0.2) is 0 Å².